The number of carbonyl (C=O) groups is 2. The highest BCUT2D eigenvalue weighted by Crippen LogP contribution is 2.19. The van der Waals surface area contributed by atoms with Crippen molar-refractivity contribution >= 4 is 21.9 Å². The van der Waals surface area contributed by atoms with Crippen LogP contribution < -0.4 is 0 Å². The lowest BCUT2D eigenvalue weighted by Gasteiger charge is -2.33. The fourth-order valence-corrected chi connectivity index (χ4v) is 3.83. The Bertz CT molecular complexity index is 934. The number of amides is 1. The highest BCUT2D eigenvalue weighted by Gasteiger charge is 2.26. The molecule has 0 N–H and O–H groups in total. The molecule has 0 spiro atoms. The first kappa shape index (κ1) is 20.0. The summed E-state index contributed by atoms with van der Waals surface area (Å²) in [5, 5.41) is 0. The summed E-state index contributed by atoms with van der Waals surface area (Å²) in [6, 6.07) is 16.8. The molecule has 1 amide bonds. The molecule has 0 radical (unpaired) electrons. The van der Waals surface area contributed by atoms with E-state index in [4.69, 9.17) is 4.74 Å². The van der Waals surface area contributed by atoms with Crippen LogP contribution in [0.5, 0.6) is 0 Å². The van der Waals surface area contributed by atoms with Crippen molar-refractivity contribution in [2.24, 2.45) is 0 Å². The van der Waals surface area contributed by atoms with Crippen LogP contribution in [0.1, 0.15) is 10.4 Å². The van der Waals surface area contributed by atoms with Gasteiger partial charge in [-0.2, -0.15) is 4.31 Å². The molecular weight excluding hydrogens is 380 g/mol. The average Bonchev–Trinajstić information content (AvgIpc) is 2.72. The van der Waals surface area contributed by atoms with Gasteiger partial charge in [0, 0.05) is 26.2 Å². The van der Waals surface area contributed by atoms with E-state index in [0.29, 0.717) is 5.56 Å². The Balaban J connectivity index is 1.51. The summed E-state index contributed by atoms with van der Waals surface area (Å²) in [7, 11) is -3.25. The summed E-state index contributed by atoms with van der Waals surface area (Å²) in [5.74, 6) is -0.898. The van der Waals surface area contributed by atoms with E-state index in [-0.39, 0.29) is 38.7 Å². The molecule has 1 aliphatic heterocycles. The number of nitrogens with zero attached hydrogens (tertiary/aromatic N) is 2. The second-order valence-electron chi connectivity index (χ2n) is 6.56. The third-order valence-corrected chi connectivity index (χ3v) is 5.92. The Morgan fingerprint density at radius 3 is 2.04 bits per heavy atom. The molecule has 7 nitrogen and oxygen atoms in total. The molecule has 0 bridgehead atoms. The van der Waals surface area contributed by atoms with Gasteiger partial charge in [-0.05, 0) is 23.3 Å². The first-order valence-electron chi connectivity index (χ1n) is 8.90. The summed E-state index contributed by atoms with van der Waals surface area (Å²) in [4.78, 5) is 25.9. The van der Waals surface area contributed by atoms with Crippen molar-refractivity contribution < 1.29 is 22.7 Å². The minimum Gasteiger partial charge on any atom is -0.452 e. The number of benzene rings is 2. The van der Waals surface area contributed by atoms with E-state index in [1.807, 2.05) is 42.5 Å². The number of carbonyl (C=O) groups excluding carboxylic acids is 2. The van der Waals surface area contributed by atoms with Crippen molar-refractivity contribution in [3.05, 3.63) is 60.2 Å². The molecule has 148 valence electrons. The summed E-state index contributed by atoms with van der Waals surface area (Å²) in [6.07, 6.45) is 1.15. The Kier molecular flexibility index (Phi) is 6.11. The van der Waals surface area contributed by atoms with Crippen LogP contribution in [0.15, 0.2) is 54.6 Å². The van der Waals surface area contributed by atoms with E-state index < -0.39 is 16.0 Å². The highest BCUT2D eigenvalue weighted by atomic mass is 32.2. The van der Waals surface area contributed by atoms with Crippen molar-refractivity contribution in [2.75, 3.05) is 39.0 Å². The van der Waals surface area contributed by atoms with Gasteiger partial charge in [-0.25, -0.2) is 13.2 Å². The lowest BCUT2D eigenvalue weighted by Crippen LogP contribution is -2.51. The second-order valence-corrected chi connectivity index (χ2v) is 8.54. The minimum absolute atomic E-state index is 0.249. The summed E-state index contributed by atoms with van der Waals surface area (Å²) in [5.41, 5.74) is 2.40. The van der Waals surface area contributed by atoms with Gasteiger partial charge in [0.25, 0.3) is 5.91 Å². The van der Waals surface area contributed by atoms with Gasteiger partial charge >= 0.3 is 5.97 Å². The molecule has 2 aromatic carbocycles. The zero-order chi connectivity index (χ0) is 20.1. The molecule has 1 aliphatic rings. The van der Waals surface area contributed by atoms with Gasteiger partial charge in [0.05, 0.1) is 11.8 Å². The number of esters is 1. The van der Waals surface area contributed by atoms with E-state index in [2.05, 4.69) is 0 Å². The molecule has 0 aromatic heterocycles. The van der Waals surface area contributed by atoms with Gasteiger partial charge in [-0.3, -0.25) is 4.79 Å². The topological polar surface area (TPSA) is 84.0 Å². The molecule has 28 heavy (non-hydrogen) atoms. The second kappa shape index (κ2) is 8.53. The first-order chi connectivity index (χ1) is 13.3. The lowest BCUT2D eigenvalue weighted by molar-refractivity contribution is -0.135. The quantitative estimate of drug-likeness (QED) is 0.710. The van der Waals surface area contributed by atoms with E-state index in [0.717, 1.165) is 17.4 Å². The Hall–Kier alpha value is -2.71. The monoisotopic (exact) mass is 402 g/mol. The van der Waals surface area contributed by atoms with Gasteiger partial charge in [-0.15, -0.1) is 0 Å². The van der Waals surface area contributed by atoms with Crippen LogP contribution in [0.25, 0.3) is 11.1 Å². The highest BCUT2D eigenvalue weighted by molar-refractivity contribution is 7.88. The molecule has 0 aliphatic carbocycles. The maximum absolute atomic E-state index is 12.2. The number of hydrogen-bond donors (Lipinski definition) is 0. The number of sulfonamides is 1. The normalized spacial score (nSPS) is 15.2. The fourth-order valence-electron chi connectivity index (χ4n) is 3.00. The van der Waals surface area contributed by atoms with Gasteiger partial charge < -0.3 is 9.64 Å². The molecule has 0 saturated carbocycles. The lowest BCUT2D eigenvalue weighted by atomic mass is 10.0. The fraction of sp³-hybridized carbons (Fsp3) is 0.300. The molecule has 2 aromatic rings. The van der Waals surface area contributed by atoms with Crippen LogP contribution in [0.4, 0.5) is 0 Å². The zero-order valence-corrected chi connectivity index (χ0v) is 16.4. The van der Waals surface area contributed by atoms with Crippen LogP contribution in [0.2, 0.25) is 0 Å². The molecule has 3 rings (SSSR count). The first-order valence-corrected chi connectivity index (χ1v) is 10.7. The number of ether oxygens (including phenoxy) is 1. The van der Waals surface area contributed by atoms with Crippen LogP contribution in [-0.4, -0.2) is 68.5 Å². The number of hydrogen-bond acceptors (Lipinski definition) is 5. The van der Waals surface area contributed by atoms with Gasteiger partial charge in [-0.1, -0.05) is 42.5 Å². The molecule has 0 atom stereocenters. The van der Waals surface area contributed by atoms with Crippen molar-refractivity contribution in [1.29, 1.82) is 0 Å². The Labute approximate surface area is 164 Å². The molecule has 8 heteroatoms. The summed E-state index contributed by atoms with van der Waals surface area (Å²) < 4.78 is 29.5. The summed E-state index contributed by atoms with van der Waals surface area (Å²) >= 11 is 0. The van der Waals surface area contributed by atoms with Crippen LogP contribution in [0, 0.1) is 0 Å². The van der Waals surface area contributed by atoms with Crippen LogP contribution in [0.3, 0.4) is 0 Å². The van der Waals surface area contributed by atoms with E-state index in [9.17, 15) is 18.0 Å². The van der Waals surface area contributed by atoms with Crippen molar-refractivity contribution in [3.63, 3.8) is 0 Å². The van der Waals surface area contributed by atoms with Crippen LogP contribution >= 0.6 is 0 Å². The third-order valence-electron chi connectivity index (χ3n) is 4.61. The maximum Gasteiger partial charge on any atom is 0.338 e. The van der Waals surface area contributed by atoms with Crippen molar-refractivity contribution in [3.8, 4) is 11.1 Å². The van der Waals surface area contributed by atoms with Gasteiger partial charge in [0.2, 0.25) is 10.0 Å². The molecule has 1 saturated heterocycles. The molecular formula is C20H22N2O5S. The SMILES string of the molecule is CS(=O)(=O)N1CCN(C(=O)COC(=O)c2ccc(-c3ccccc3)cc2)CC1. The van der Waals surface area contributed by atoms with E-state index in [1.54, 1.807) is 12.1 Å². The average molecular weight is 402 g/mol. The maximum atomic E-state index is 12.2. The van der Waals surface area contributed by atoms with Gasteiger partial charge in [0.1, 0.15) is 0 Å². The zero-order valence-electron chi connectivity index (χ0n) is 15.6. The predicted octanol–water partition coefficient (Wildman–Crippen LogP) is 1.61. The minimum atomic E-state index is -3.25. The predicted molar refractivity (Wildman–Crippen MR) is 105 cm³/mol. The summed E-state index contributed by atoms with van der Waals surface area (Å²) in [6.45, 7) is 0.710. The standard InChI is InChI=1S/C20H22N2O5S/c1-28(25,26)22-13-11-21(12-14-22)19(23)15-27-20(24)18-9-7-17(8-10-18)16-5-3-2-4-6-16/h2-10H,11-15H2,1H3. The molecule has 1 fully saturated rings. The number of rotatable bonds is 5. The van der Waals surface area contributed by atoms with E-state index >= 15 is 0 Å². The molecule has 1 heterocycles. The van der Waals surface area contributed by atoms with Crippen LogP contribution in [-0.2, 0) is 19.6 Å². The third kappa shape index (κ3) is 4.96. The van der Waals surface area contributed by atoms with Crippen molar-refractivity contribution in [1.82, 2.24) is 9.21 Å². The molecule has 0 unspecified atom stereocenters. The number of piperazine rings is 1. The smallest absolute Gasteiger partial charge is 0.338 e. The Morgan fingerprint density at radius 1 is 0.893 bits per heavy atom. The van der Waals surface area contributed by atoms with E-state index in [1.165, 1.54) is 9.21 Å². The Morgan fingerprint density at radius 2 is 1.46 bits per heavy atom. The van der Waals surface area contributed by atoms with Crippen molar-refractivity contribution in [2.45, 2.75) is 0 Å². The van der Waals surface area contributed by atoms with Gasteiger partial charge in [0.15, 0.2) is 6.61 Å². The largest absolute Gasteiger partial charge is 0.452 e.